The Balaban J connectivity index is 1.59. The molecule has 1 amide bonds. The Bertz CT molecular complexity index is 1010. The fourth-order valence-electron chi connectivity index (χ4n) is 2.89. The van der Waals surface area contributed by atoms with Gasteiger partial charge in [-0.2, -0.15) is 0 Å². The number of hydrogen-bond donors (Lipinski definition) is 1. The summed E-state index contributed by atoms with van der Waals surface area (Å²) in [5.74, 6) is 1.26. The molecule has 0 aliphatic rings. The Morgan fingerprint density at radius 2 is 1.76 bits per heavy atom. The summed E-state index contributed by atoms with van der Waals surface area (Å²) >= 11 is 1.33. The molecule has 2 aromatic carbocycles. The number of carbonyl (C=O) groups is 1. The van der Waals surface area contributed by atoms with Gasteiger partial charge < -0.3 is 14.8 Å². The first-order valence-electron chi connectivity index (χ1n) is 9.06. The predicted molar refractivity (Wildman–Crippen MR) is 116 cm³/mol. The molecule has 150 valence electrons. The van der Waals surface area contributed by atoms with Gasteiger partial charge in [0.05, 0.1) is 25.7 Å². The molecule has 0 aliphatic carbocycles. The maximum atomic E-state index is 12.3. The van der Waals surface area contributed by atoms with Crippen molar-refractivity contribution in [1.29, 1.82) is 0 Å². The van der Waals surface area contributed by atoms with E-state index in [0.717, 1.165) is 16.8 Å². The summed E-state index contributed by atoms with van der Waals surface area (Å²) in [6.07, 6.45) is 0. The summed E-state index contributed by atoms with van der Waals surface area (Å²) in [5.41, 5.74) is 4.90. The van der Waals surface area contributed by atoms with Crippen LogP contribution >= 0.6 is 11.8 Å². The van der Waals surface area contributed by atoms with Crippen molar-refractivity contribution in [2.45, 2.75) is 18.9 Å². The Morgan fingerprint density at radius 3 is 2.41 bits per heavy atom. The first-order valence-corrected chi connectivity index (χ1v) is 10.0. The second kappa shape index (κ2) is 9.43. The Morgan fingerprint density at radius 1 is 0.966 bits per heavy atom. The highest BCUT2D eigenvalue weighted by molar-refractivity contribution is 7.99. The summed E-state index contributed by atoms with van der Waals surface area (Å²) in [7, 11) is 3.12. The van der Waals surface area contributed by atoms with Crippen molar-refractivity contribution in [3.8, 4) is 22.8 Å². The second-order valence-corrected chi connectivity index (χ2v) is 7.48. The van der Waals surface area contributed by atoms with Gasteiger partial charge in [-0.25, -0.2) is 0 Å². The lowest BCUT2D eigenvalue weighted by Crippen LogP contribution is -2.14. The van der Waals surface area contributed by atoms with Gasteiger partial charge in [-0.05, 0) is 43.7 Å². The second-order valence-electron chi connectivity index (χ2n) is 6.48. The Labute approximate surface area is 174 Å². The van der Waals surface area contributed by atoms with Crippen LogP contribution in [0.5, 0.6) is 11.5 Å². The number of carbonyl (C=O) groups excluding carboxylic acids is 1. The van der Waals surface area contributed by atoms with Gasteiger partial charge >= 0.3 is 0 Å². The quantitative estimate of drug-likeness (QED) is 0.579. The zero-order valence-electron chi connectivity index (χ0n) is 16.9. The fourth-order valence-corrected chi connectivity index (χ4v) is 3.51. The van der Waals surface area contributed by atoms with Crippen LogP contribution in [0.3, 0.4) is 0 Å². The number of aryl methyl sites for hydroxylation is 2. The van der Waals surface area contributed by atoms with E-state index in [2.05, 4.69) is 47.6 Å². The lowest BCUT2D eigenvalue weighted by Gasteiger charge is -2.10. The number of benzene rings is 2. The molecule has 0 bridgehead atoms. The molecule has 29 heavy (non-hydrogen) atoms. The zero-order valence-corrected chi connectivity index (χ0v) is 17.7. The minimum Gasteiger partial charge on any atom is -0.493 e. The van der Waals surface area contributed by atoms with Crippen LogP contribution in [0.2, 0.25) is 0 Å². The highest BCUT2D eigenvalue weighted by atomic mass is 32.2. The van der Waals surface area contributed by atoms with Gasteiger partial charge in [0.25, 0.3) is 0 Å². The van der Waals surface area contributed by atoms with E-state index in [1.165, 1.54) is 17.3 Å². The number of rotatable bonds is 7. The summed E-state index contributed by atoms with van der Waals surface area (Å²) in [6.45, 7) is 4.13. The lowest BCUT2D eigenvalue weighted by molar-refractivity contribution is -0.113. The van der Waals surface area contributed by atoms with E-state index in [4.69, 9.17) is 9.47 Å². The van der Waals surface area contributed by atoms with Gasteiger partial charge in [-0.3, -0.25) is 4.79 Å². The largest absolute Gasteiger partial charge is 0.493 e. The van der Waals surface area contributed by atoms with E-state index in [9.17, 15) is 4.79 Å². The number of methoxy groups -OCH3 is 2. The number of amides is 1. The van der Waals surface area contributed by atoms with Crippen LogP contribution in [0, 0.1) is 13.8 Å². The van der Waals surface area contributed by atoms with Gasteiger partial charge in [0, 0.05) is 17.3 Å². The smallest absolute Gasteiger partial charge is 0.234 e. The molecule has 0 spiro atoms. The van der Waals surface area contributed by atoms with Crippen LogP contribution in [-0.2, 0) is 4.79 Å². The third-order valence-electron chi connectivity index (χ3n) is 4.32. The Hall–Kier alpha value is -3.06. The van der Waals surface area contributed by atoms with Crippen molar-refractivity contribution in [3.05, 3.63) is 59.7 Å². The average molecular weight is 410 g/mol. The zero-order chi connectivity index (χ0) is 20.8. The standard InChI is InChI=1S/C22H23N3O3S/c1-14-5-7-17(15(2)11-14)18-8-10-22(25-24-18)29-13-21(26)23-16-6-9-19(27-3)20(12-16)28-4/h5-12H,13H2,1-4H3,(H,23,26). The van der Waals surface area contributed by atoms with E-state index in [-0.39, 0.29) is 11.7 Å². The number of nitrogens with zero attached hydrogens (tertiary/aromatic N) is 2. The molecule has 1 heterocycles. The molecular weight excluding hydrogens is 386 g/mol. The van der Waals surface area contributed by atoms with Crippen LogP contribution < -0.4 is 14.8 Å². The molecule has 0 radical (unpaired) electrons. The summed E-state index contributed by atoms with van der Waals surface area (Å²) in [5, 5.41) is 12.1. The van der Waals surface area contributed by atoms with E-state index in [0.29, 0.717) is 22.2 Å². The molecule has 7 heteroatoms. The molecular formula is C22H23N3O3S. The fraction of sp³-hybridized carbons (Fsp3) is 0.227. The minimum absolute atomic E-state index is 0.137. The first-order chi connectivity index (χ1) is 14.0. The molecule has 0 unspecified atom stereocenters. The van der Waals surface area contributed by atoms with Crippen molar-refractivity contribution in [1.82, 2.24) is 10.2 Å². The normalized spacial score (nSPS) is 10.5. The summed E-state index contributed by atoms with van der Waals surface area (Å²) in [4.78, 5) is 12.3. The predicted octanol–water partition coefficient (Wildman–Crippen LogP) is 4.51. The van der Waals surface area contributed by atoms with Gasteiger partial charge in [0.1, 0.15) is 5.03 Å². The van der Waals surface area contributed by atoms with Gasteiger partial charge in [-0.1, -0.05) is 35.5 Å². The monoisotopic (exact) mass is 409 g/mol. The van der Waals surface area contributed by atoms with Crippen molar-refractivity contribution in [3.63, 3.8) is 0 Å². The van der Waals surface area contributed by atoms with Crippen LogP contribution in [0.15, 0.2) is 53.6 Å². The maximum absolute atomic E-state index is 12.3. The van der Waals surface area contributed by atoms with Crippen molar-refractivity contribution >= 4 is 23.4 Å². The van der Waals surface area contributed by atoms with Crippen LogP contribution in [0.25, 0.3) is 11.3 Å². The summed E-state index contributed by atoms with van der Waals surface area (Å²) in [6, 6.07) is 15.3. The number of ether oxygens (including phenoxy) is 2. The molecule has 1 N–H and O–H groups in total. The van der Waals surface area contributed by atoms with Crippen molar-refractivity contribution in [2.75, 3.05) is 25.3 Å². The van der Waals surface area contributed by atoms with Crippen LogP contribution in [0.4, 0.5) is 5.69 Å². The molecule has 0 saturated carbocycles. The van der Waals surface area contributed by atoms with Crippen molar-refractivity contribution < 1.29 is 14.3 Å². The first kappa shape index (κ1) is 20.7. The minimum atomic E-state index is -0.137. The highest BCUT2D eigenvalue weighted by Crippen LogP contribution is 2.30. The molecule has 0 fully saturated rings. The average Bonchev–Trinajstić information content (AvgIpc) is 2.72. The van der Waals surface area contributed by atoms with Crippen LogP contribution in [0.1, 0.15) is 11.1 Å². The maximum Gasteiger partial charge on any atom is 0.234 e. The van der Waals surface area contributed by atoms with E-state index in [1.54, 1.807) is 32.4 Å². The van der Waals surface area contributed by atoms with Gasteiger partial charge in [0.2, 0.25) is 5.91 Å². The number of nitrogens with one attached hydrogen (secondary N) is 1. The number of aromatic nitrogens is 2. The number of thioether (sulfide) groups is 1. The molecule has 3 rings (SSSR count). The van der Waals surface area contributed by atoms with Gasteiger partial charge in [0.15, 0.2) is 11.5 Å². The van der Waals surface area contributed by atoms with Crippen molar-refractivity contribution in [2.24, 2.45) is 0 Å². The number of hydrogen-bond acceptors (Lipinski definition) is 6. The topological polar surface area (TPSA) is 73.3 Å². The molecule has 0 atom stereocenters. The molecule has 1 aromatic heterocycles. The summed E-state index contributed by atoms with van der Waals surface area (Å²) < 4.78 is 10.4. The molecule has 0 aliphatic heterocycles. The van der Waals surface area contributed by atoms with Gasteiger partial charge in [-0.15, -0.1) is 10.2 Å². The van der Waals surface area contributed by atoms with E-state index in [1.807, 2.05) is 12.1 Å². The SMILES string of the molecule is COc1ccc(NC(=O)CSc2ccc(-c3ccc(C)cc3C)nn2)cc1OC. The molecule has 6 nitrogen and oxygen atoms in total. The Kier molecular flexibility index (Phi) is 6.72. The third kappa shape index (κ3) is 5.26. The van der Waals surface area contributed by atoms with Crippen LogP contribution in [-0.4, -0.2) is 36.1 Å². The van der Waals surface area contributed by atoms with E-state index < -0.39 is 0 Å². The molecule has 3 aromatic rings. The van der Waals surface area contributed by atoms with E-state index >= 15 is 0 Å². The third-order valence-corrected chi connectivity index (χ3v) is 5.24. The highest BCUT2D eigenvalue weighted by Gasteiger charge is 2.10. The number of anilines is 1. The lowest BCUT2D eigenvalue weighted by atomic mass is 10.0. The molecule has 0 saturated heterocycles.